The summed E-state index contributed by atoms with van der Waals surface area (Å²) in [4.78, 5) is 0. The van der Waals surface area contributed by atoms with Crippen LogP contribution in [0.5, 0.6) is 0 Å². The predicted octanol–water partition coefficient (Wildman–Crippen LogP) is 2.61. The highest BCUT2D eigenvalue weighted by Gasteiger charge is 2.16. The van der Waals surface area contributed by atoms with E-state index in [0.717, 1.165) is 6.07 Å². The van der Waals surface area contributed by atoms with Crippen molar-refractivity contribution in [1.82, 2.24) is 0 Å². The molecule has 2 aromatic rings. The first kappa shape index (κ1) is 9.86. The fourth-order valence-electron chi connectivity index (χ4n) is 1.38. The standard InChI is InChI=1S/C11H9F2NO/c12-7-3-4-8(9(13)6-7)11(14)10-2-1-5-15-10/h1-6,11H,14H2. The molecule has 0 saturated heterocycles. The third kappa shape index (κ3) is 1.89. The fraction of sp³-hybridized carbons (Fsp3) is 0.0909. The summed E-state index contributed by atoms with van der Waals surface area (Å²) in [6.45, 7) is 0. The Labute approximate surface area is 85.3 Å². The number of hydrogen-bond acceptors (Lipinski definition) is 2. The Morgan fingerprint density at radius 1 is 1.20 bits per heavy atom. The van der Waals surface area contributed by atoms with Crippen molar-refractivity contribution in [3.05, 3.63) is 59.6 Å². The first-order valence-electron chi connectivity index (χ1n) is 4.42. The molecule has 0 radical (unpaired) electrons. The van der Waals surface area contributed by atoms with Crippen molar-refractivity contribution in [2.75, 3.05) is 0 Å². The summed E-state index contributed by atoms with van der Waals surface area (Å²) in [5.74, 6) is -0.845. The van der Waals surface area contributed by atoms with Crippen molar-refractivity contribution < 1.29 is 13.2 Å². The Hall–Kier alpha value is -1.68. The van der Waals surface area contributed by atoms with Crippen molar-refractivity contribution in [2.24, 2.45) is 5.73 Å². The van der Waals surface area contributed by atoms with Crippen molar-refractivity contribution in [1.29, 1.82) is 0 Å². The molecule has 0 fully saturated rings. The maximum absolute atomic E-state index is 13.3. The zero-order valence-electron chi connectivity index (χ0n) is 7.78. The molecule has 1 heterocycles. The quantitative estimate of drug-likeness (QED) is 0.825. The summed E-state index contributed by atoms with van der Waals surface area (Å²) in [7, 11) is 0. The van der Waals surface area contributed by atoms with Crippen LogP contribution in [0.4, 0.5) is 8.78 Å². The topological polar surface area (TPSA) is 39.2 Å². The second-order valence-electron chi connectivity index (χ2n) is 3.16. The van der Waals surface area contributed by atoms with Gasteiger partial charge in [0.15, 0.2) is 0 Å². The van der Waals surface area contributed by atoms with Gasteiger partial charge in [-0.15, -0.1) is 0 Å². The molecule has 1 aromatic carbocycles. The molecule has 2 nitrogen and oxygen atoms in total. The van der Waals surface area contributed by atoms with Crippen LogP contribution >= 0.6 is 0 Å². The average Bonchev–Trinajstić information content (AvgIpc) is 2.69. The van der Waals surface area contributed by atoms with Crippen LogP contribution in [0.25, 0.3) is 0 Å². The van der Waals surface area contributed by atoms with Crippen molar-refractivity contribution in [2.45, 2.75) is 6.04 Å². The van der Waals surface area contributed by atoms with Gasteiger partial charge < -0.3 is 10.2 Å². The third-order valence-electron chi connectivity index (χ3n) is 2.15. The lowest BCUT2D eigenvalue weighted by Gasteiger charge is -2.09. The average molecular weight is 209 g/mol. The maximum atomic E-state index is 13.3. The lowest BCUT2D eigenvalue weighted by molar-refractivity contribution is 0.478. The van der Waals surface area contributed by atoms with Gasteiger partial charge in [-0.2, -0.15) is 0 Å². The van der Waals surface area contributed by atoms with E-state index in [4.69, 9.17) is 10.2 Å². The fourth-order valence-corrected chi connectivity index (χ4v) is 1.38. The summed E-state index contributed by atoms with van der Waals surface area (Å²) in [6.07, 6.45) is 1.45. The molecule has 0 spiro atoms. The molecule has 0 amide bonds. The summed E-state index contributed by atoms with van der Waals surface area (Å²) in [5, 5.41) is 0. The van der Waals surface area contributed by atoms with Crippen LogP contribution in [0, 0.1) is 11.6 Å². The SMILES string of the molecule is NC(c1ccco1)c1ccc(F)cc1F. The summed E-state index contributed by atoms with van der Waals surface area (Å²) < 4.78 is 31.0. The highest BCUT2D eigenvalue weighted by atomic mass is 19.1. The van der Waals surface area contributed by atoms with Crippen LogP contribution in [0.1, 0.15) is 17.4 Å². The molecule has 0 saturated carbocycles. The number of hydrogen-bond donors (Lipinski definition) is 1. The van der Waals surface area contributed by atoms with Gasteiger partial charge in [-0.05, 0) is 18.2 Å². The van der Waals surface area contributed by atoms with Crippen LogP contribution in [-0.2, 0) is 0 Å². The van der Waals surface area contributed by atoms with E-state index in [-0.39, 0.29) is 5.56 Å². The molecule has 0 aliphatic carbocycles. The zero-order valence-corrected chi connectivity index (χ0v) is 7.78. The minimum absolute atomic E-state index is 0.214. The van der Waals surface area contributed by atoms with Gasteiger partial charge in [0.1, 0.15) is 17.4 Å². The number of rotatable bonds is 2. The molecular formula is C11H9F2NO. The second kappa shape index (κ2) is 3.82. The number of benzene rings is 1. The minimum atomic E-state index is -0.708. The van der Waals surface area contributed by atoms with Crippen LogP contribution in [-0.4, -0.2) is 0 Å². The van der Waals surface area contributed by atoms with Gasteiger partial charge in [0.05, 0.1) is 12.3 Å². The Morgan fingerprint density at radius 2 is 2.00 bits per heavy atom. The molecule has 2 N–H and O–H groups in total. The van der Waals surface area contributed by atoms with Crippen molar-refractivity contribution in [3.63, 3.8) is 0 Å². The van der Waals surface area contributed by atoms with Crippen LogP contribution in [0.3, 0.4) is 0 Å². The van der Waals surface area contributed by atoms with Crippen LogP contribution in [0.2, 0.25) is 0 Å². The van der Waals surface area contributed by atoms with E-state index in [0.29, 0.717) is 5.76 Å². The minimum Gasteiger partial charge on any atom is -0.467 e. The summed E-state index contributed by atoms with van der Waals surface area (Å²) in [5.41, 5.74) is 5.97. The Kier molecular flexibility index (Phi) is 2.51. The van der Waals surface area contributed by atoms with E-state index in [1.807, 2.05) is 0 Å². The first-order chi connectivity index (χ1) is 7.18. The second-order valence-corrected chi connectivity index (χ2v) is 3.16. The molecule has 1 aromatic heterocycles. The smallest absolute Gasteiger partial charge is 0.131 e. The lowest BCUT2D eigenvalue weighted by Crippen LogP contribution is -2.12. The normalized spacial score (nSPS) is 12.7. The molecule has 1 unspecified atom stereocenters. The maximum Gasteiger partial charge on any atom is 0.131 e. The molecule has 0 aliphatic heterocycles. The Balaban J connectivity index is 2.38. The van der Waals surface area contributed by atoms with Gasteiger partial charge >= 0.3 is 0 Å². The lowest BCUT2D eigenvalue weighted by atomic mass is 10.1. The predicted molar refractivity (Wildman–Crippen MR) is 51.1 cm³/mol. The number of furan rings is 1. The Bertz CT molecular complexity index is 454. The molecule has 2 rings (SSSR count). The molecule has 78 valence electrons. The van der Waals surface area contributed by atoms with E-state index < -0.39 is 17.7 Å². The van der Waals surface area contributed by atoms with E-state index >= 15 is 0 Å². The largest absolute Gasteiger partial charge is 0.467 e. The third-order valence-corrected chi connectivity index (χ3v) is 2.15. The molecule has 15 heavy (non-hydrogen) atoms. The zero-order chi connectivity index (χ0) is 10.8. The van der Waals surface area contributed by atoms with Gasteiger partial charge in [-0.25, -0.2) is 8.78 Å². The number of halogens is 2. The van der Waals surface area contributed by atoms with Gasteiger partial charge in [0.2, 0.25) is 0 Å². The monoisotopic (exact) mass is 209 g/mol. The van der Waals surface area contributed by atoms with E-state index in [1.54, 1.807) is 12.1 Å². The highest BCUT2D eigenvalue weighted by Crippen LogP contribution is 2.22. The van der Waals surface area contributed by atoms with Crippen molar-refractivity contribution >= 4 is 0 Å². The first-order valence-corrected chi connectivity index (χ1v) is 4.42. The van der Waals surface area contributed by atoms with E-state index in [1.165, 1.54) is 18.4 Å². The van der Waals surface area contributed by atoms with Crippen LogP contribution < -0.4 is 5.73 Å². The number of nitrogens with two attached hydrogens (primary N) is 1. The molecule has 1 atom stereocenters. The van der Waals surface area contributed by atoms with E-state index in [9.17, 15) is 8.78 Å². The van der Waals surface area contributed by atoms with E-state index in [2.05, 4.69) is 0 Å². The van der Waals surface area contributed by atoms with Gasteiger partial charge in [0, 0.05) is 11.6 Å². The molecule has 4 heteroatoms. The highest BCUT2D eigenvalue weighted by molar-refractivity contribution is 5.27. The van der Waals surface area contributed by atoms with Crippen LogP contribution in [0.15, 0.2) is 41.0 Å². The van der Waals surface area contributed by atoms with Gasteiger partial charge in [-0.3, -0.25) is 0 Å². The van der Waals surface area contributed by atoms with Crippen molar-refractivity contribution in [3.8, 4) is 0 Å². The van der Waals surface area contributed by atoms with Gasteiger partial charge in [-0.1, -0.05) is 6.07 Å². The summed E-state index contributed by atoms with van der Waals surface area (Å²) in [6, 6.07) is 5.89. The summed E-state index contributed by atoms with van der Waals surface area (Å²) >= 11 is 0. The van der Waals surface area contributed by atoms with Gasteiger partial charge in [0.25, 0.3) is 0 Å². The molecule has 0 bridgehead atoms. The molecule has 0 aliphatic rings. The Morgan fingerprint density at radius 3 is 2.60 bits per heavy atom. The molecular weight excluding hydrogens is 200 g/mol.